The molecule has 190 valence electrons. The molecule has 4 rings (SSSR count). The van der Waals surface area contributed by atoms with Crippen LogP contribution in [0.5, 0.6) is 5.75 Å². The van der Waals surface area contributed by atoms with Gasteiger partial charge in [-0.2, -0.15) is 8.42 Å². The Kier molecular flexibility index (Phi) is 8.35. The second kappa shape index (κ2) is 11.5. The highest BCUT2D eigenvalue weighted by Gasteiger charge is 2.36. The van der Waals surface area contributed by atoms with Gasteiger partial charge in [0.15, 0.2) is 0 Å². The van der Waals surface area contributed by atoms with E-state index in [0.717, 1.165) is 17.0 Å². The van der Waals surface area contributed by atoms with E-state index in [4.69, 9.17) is 27.4 Å². The molecule has 0 saturated heterocycles. The third kappa shape index (κ3) is 5.92. The van der Waals surface area contributed by atoms with E-state index in [0.29, 0.717) is 36.1 Å². The van der Waals surface area contributed by atoms with Crippen molar-refractivity contribution in [1.82, 2.24) is 9.38 Å². The van der Waals surface area contributed by atoms with Crippen LogP contribution in [-0.4, -0.2) is 47.6 Å². The minimum Gasteiger partial charge on any atom is -0.382 e. The van der Waals surface area contributed by atoms with Gasteiger partial charge in [0, 0.05) is 49.1 Å². The summed E-state index contributed by atoms with van der Waals surface area (Å²) in [5.74, 6) is 0.925. The van der Waals surface area contributed by atoms with Gasteiger partial charge in [-0.1, -0.05) is 17.4 Å². The standard InChI is InChI=1S/C23H22Cl2N4O5S2/c24-8-11-27(12-9-25)18-2-4-19(5-3-18)34-36(32,33)21(20-7-14-35-23(20)29(30)31)15-17-1-6-22-26-10-13-28(22)16-17/h1-7,10,13-14,16,21H,8-9,11-12,15H2. The van der Waals surface area contributed by atoms with E-state index in [1.165, 1.54) is 11.4 Å². The van der Waals surface area contributed by atoms with Crippen LogP contribution in [0.3, 0.4) is 0 Å². The molecule has 0 aliphatic heterocycles. The summed E-state index contributed by atoms with van der Waals surface area (Å²) >= 11 is 12.6. The number of nitrogens with zero attached hydrogens (tertiary/aromatic N) is 4. The Morgan fingerprint density at radius 2 is 1.83 bits per heavy atom. The lowest BCUT2D eigenvalue weighted by Crippen LogP contribution is -2.27. The van der Waals surface area contributed by atoms with Crippen LogP contribution >= 0.6 is 34.5 Å². The fourth-order valence-corrected chi connectivity index (χ4v) is 6.50. The summed E-state index contributed by atoms with van der Waals surface area (Å²) in [6.45, 7) is 1.16. The first-order valence-corrected chi connectivity index (χ1v) is 14.3. The molecule has 0 saturated carbocycles. The fraction of sp³-hybridized carbons (Fsp3) is 0.261. The minimum absolute atomic E-state index is 0.0225. The normalized spacial score (nSPS) is 12.5. The number of imidazole rings is 1. The van der Waals surface area contributed by atoms with Crippen molar-refractivity contribution in [2.45, 2.75) is 11.7 Å². The molecule has 0 spiro atoms. The SMILES string of the molecule is O=[N+]([O-])c1sccc1C(Cc1ccc2nccn2c1)S(=O)(=O)Oc1ccc(N(CCCl)CCCl)cc1. The van der Waals surface area contributed by atoms with Gasteiger partial charge in [0.25, 0.3) is 0 Å². The predicted octanol–water partition coefficient (Wildman–Crippen LogP) is 5.28. The Morgan fingerprint density at radius 1 is 1.11 bits per heavy atom. The van der Waals surface area contributed by atoms with Crippen LogP contribution in [0.2, 0.25) is 0 Å². The van der Waals surface area contributed by atoms with Gasteiger partial charge in [-0.3, -0.25) is 10.1 Å². The van der Waals surface area contributed by atoms with E-state index in [-0.39, 0.29) is 22.7 Å². The summed E-state index contributed by atoms with van der Waals surface area (Å²) in [4.78, 5) is 17.2. The Balaban J connectivity index is 1.65. The highest BCUT2D eigenvalue weighted by Crippen LogP contribution is 2.38. The van der Waals surface area contributed by atoms with Crippen molar-refractivity contribution < 1.29 is 17.5 Å². The molecule has 0 aliphatic carbocycles. The van der Waals surface area contributed by atoms with Crippen LogP contribution in [0, 0.1) is 10.1 Å². The zero-order valence-electron chi connectivity index (χ0n) is 18.9. The number of alkyl halides is 2. The largest absolute Gasteiger partial charge is 0.382 e. The van der Waals surface area contributed by atoms with Crippen LogP contribution in [0.1, 0.15) is 16.4 Å². The van der Waals surface area contributed by atoms with Gasteiger partial charge < -0.3 is 13.5 Å². The van der Waals surface area contributed by atoms with Crippen molar-refractivity contribution in [3.05, 3.63) is 87.7 Å². The van der Waals surface area contributed by atoms with Crippen molar-refractivity contribution in [2.75, 3.05) is 29.7 Å². The van der Waals surface area contributed by atoms with Gasteiger partial charge in [-0.15, -0.1) is 23.2 Å². The monoisotopic (exact) mass is 568 g/mol. The summed E-state index contributed by atoms with van der Waals surface area (Å²) in [7, 11) is -4.32. The summed E-state index contributed by atoms with van der Waals surface area (Å²) in [6.07, 6.45) is 5.10. The number of rotatable bonds is 12. The van der Waals surface area contributed by atoms with Crippen molar-refractivity contribution in [3.8, 4) is 5.75 Å². The second-order valence-electron chi connectivity index (χ2n) is 7.80. The first-order chi connectivity index (χ1) is 17.3. The molecule has 0 radical (unpaired) electrons. The van der Waals surface area contributed by atoms with E-state index >= 15 is 0 Å². The molecular formula is C23H22Cl2N4O5S2. The summed E-state index contributed by atoms with van der Waals surface area (Å²) < 4.78 is 34.3. The molecule has 0 fully saturated rings. The van der Waals surface area contributed by atoms with E-state index in [1.807, 2.05) is 4.90 Å². The number of halogens is 2. The summed E-state index contributed by atoms with van der Waals surface area (Å²) in [5.41, 5.74) is 2.27. The van der Waals surface area contributed by atoms with Gasteiger partial charge >= 0.3 is 15.1 Å². The van der Waals surface area contributed by atoms with Crippen LogP contribution in [0.15, 0.2) is 66.4 Å². The number of pyridine rings is 1. The number of fused-ring (bicyclic) bond motifs is 1. The van der Waals surface area contributed by atoms with Gasteiger partial charge in [-0.05, 0) is 53.8 Å². The maximum absolute atomic E-state index is 13.5. The maximum atomic E-state index is 13.5. The average molecular weight is 569 g/mol. The highest BCUT2D eigenvalue weighted by atomic mass is 35.5. The van der Waals surface area contributed by atoms with Gasteiger partial charge in [-0.25, -0.2) is 4.98 Å². The summed E-state index contributed by atoms with van der Waals surface area (Å²) in [5, 5.41) is 11.6. The number of anilines is 1. The number of aromatic nitrogens is 2. The molecule has 3 heterocycles. The molecule has 1 aromatic carbocycles. The fourth-order valence-electron chi connectivity index (χ4n) is 3.85. The molecule has 0 bridgehead atoms. The molecule has 0 aliphatic rings. The number of hydrogen-bond donors (Lipinski definition) is 0. The molecule has 0 N–H and O–H groups in total. The Labute approximate surface area is 222 Å². The molecular weight excluding hydrogens is 547 g/mol. The highest BCUT2D eigenvalue weighted by molar-refractivity contribution is 7.87. The molecule has 36 heavy (non-hydrogen) atoms. The summed E-state index contributed by atoms with van der Waals surface area (Å²) in [6, 6.07) is 11.5. The van der Waals surface area contributed by atoms with E-state index in [1.54, 1.807) is 59.4 Å². The lowest BCUT2D eigenvalue weighted by Gasteiger charge is -2.23. The van der Waals surface area contributed by atoms with Crippen molar-refractivity contribution in [3.63, 3.8) is 0 Å². The first kappa shape index (κ1) is 26.2. The third-order valence-electron chi connectivity index (χ3n) is 5.53. The quantitative estimate of drug-likeness (QED) is 0.0989. The Hall–Kier alpha value is -2.86. The van der Waals surface area contributed by atoms with Crippen LogP contribution in [-0.2, 0) is 16.5 Å². The number of hydrogen-bond acceptors (Lipinski definition) is 8. The van der Waals surface area contributed by atoms with Crippen LogP contribution in [0.25, 0.3) is 5.65 Å². The number of thiophene rings is 1. The average Bonchev–Trinajstić information content (AvgIpc) is 3.52. The molecule has 1 atom stereocenters. The van der Waals surface area contributed by atoms with Gasteiger partial charge in [0.05, 0.1) is 10.5 Å². The smallest absolute Gasteiger partial charge is 0.328 e. The predicted molar refractivity (Wildman–Crippen MR) is 142 cm³/mol. The van der Waals surface area contributed by atoms with Gasteiger partial charge in [0.2, 0.25) is 0 Å². The van der Waals surface area contributed by atoms with Gasteiger partial charge in [0.1, 0.15) is 16.6 Å². The molecule has 4 aromatic rings. The first-order valence-electron chi connectivity index (χ1n) is 10.9. The van der Waals surface area contributed by atoms with Crippen molar-refractivity contribution in [1.29, 1.82) is 0 Å². The molecule has 0 amide bonds. The molecule has 1 unspecified atom stereocenters. The Morgan fingerprint density at radius 3 is 2.50 bits per heavy atom. The second-order valence-corrected chi connectivity index (χ2v) is 11.2. The topological polar surface area (TPSA) is 107 Å². The number of benzene rings is 1. The molecule has 9 nitrogen and oxygen atoms in total. The van der Waals surface area contributed by atoms with Crippen LogP contribution < -0.4 is 9.08 Å². The van der Waals surface area contributed by atoms with E-state index in [9.17, 15) is 18.5 Å². The molecule has 3 aromatic heterocycles. The zero-order valence-corrected chi connectivity index (χ0v) is 22.0. The molecule has 13 heteroatoms. The number of nitro groups is 1. The zero-order chi connectivity index (χ0) is 25.7. The Bertz CT molecular complexity index is 1430. The van der Waals surface area contributed by atoms with Crippen LogP contribution in [0.4, 0.5) is 10.7 Å². The lowest BCUT2D eigenvalue weighted by atomic mass is 10.1. The third-order valence-corrected chi connectivity index (χ3v) is 8.29. The lowest BCUT2D eigenvalue weighted by molar-refractivity contribution is -0.380. The van der Waals surface area contributed by atoms with E-state index in [2.05, 4.69) is 4.98 Å². The van der Waals surface area contributed by atoms with Crippen molar-refractivity contribution in [2.24, 2.45) is 0 Å². The van der Waals surface area contributed by atoms with E-state index < -0.39 is 20.3 Å². The maximum Gasteiger partial charge on any atom is 0.328 e. The minimum atomic E-state index is -4.32. The van der Waals surface area contributed by atoms with Crippen molar-refractivity contribution >= 4 is 61.0 Å².